The minimum Gasteiger partial charge on any atom is -0.306 e. The third-order valence-corrected chi connectivity index (χ3v) is 3.51. The SMILES string of the molecule is Cc1ccccc1[C@@H](C)NCc1cccc([N+](=O)[O-])c1F. The number of aryl methyl sites for hydroxylation is 1. The van der Waals surface area contributed by atoms with Gasteiger partial charge in [-0.05, 0) is 25.0 Å². The van der Waals surface area contributed by atoms with Gasteiger partial charge in [0.15, 0.2) is 0 Å². The van der Waals surface area contributed by atoms with Crippen molar-refractivity contribution in [3.63, 3.8) is 0 Å². The van der Waals surface area contributed by atoms with E-state index in [4.69, 9.17) is 0 Å². The lowest BCUT2D eigenvalue weighted by molar-refractivity contribution is -0.387. The third-order valence-electron chi connectivity index (χ3n) is 3.51. The van der Waals surface area contributed by atoms with E-state index in [0.29, 0.717) is 5.56 Å². The molecule has 0 aliphatic rings. The number of nitro benzene ring substituents is 1. The maximum absolute atomic E-state index is 14.0. The van der Waals surface area contributed by atoms with Crippen molar-refractivity contribution in [1.29, 1.82) is 0 Å². The summed E-state index contributed by atoms with van der Waals surface area (Å²) in [6.45, 7) is 4.24. The van der Waals surface area contributed by atoms with E-state index in [1.54, 1.807) is 6.07 Å². The van der Waals surface area contributed by atoms with Gasteiger partial charge in [-0.1, -0.05) is 36.4 Å². The van der Waals surface area contributed by atoms with E-state index >= 15 is 0 Å². The summed E-state index contributed by atoms with van der Waals surface area (Å²) < 4.78 is 14.0. The molecule has 0 amide bonds. The second-order valence-corrected chi connectivity index (χ2v) is 4.97. The van der Waals surface area contributed by atoms with E-state index in [2.05, 4.69) is 5.32 Å². The molecular weight excluding hydrogens is 271 g/mol. The van der Waals surface area contributed by atoms with Crippen LogP contribution in [0.25, 0.3) is 0 Å². The van der Waals surface area contributed by atoms with Gasteiger partial charge in [0.05, 0.1) is 4.92 Å². The van der Waals surface area contributed by atoms with Crippen molar-refractivity contribution < 1.29 is 9.31 Å². The number of halogens is 1. The molecule has 5 heteroatoms. The monoisotopic (exact) mass is 288 g/mol. The first-order valence-corrected chi connectivity index (χ1v) is 6.71. The zero-order valence-corrected chi connectivity index (χ0v) is 12.0. The van der Waals surface area contributed by atoms with Crippen LogP contribution in [0.1, 0.15) is 29.7 Å². The third kappa shape index (κ3) is 3.44. The molecular formula is C16H17FN2O2. The number of hydrogen-bond donors (Lipinski definition) is 1. The molecule has 110 valence electrons. The average Bonchev–Trinajstić information content (AvgIpc) is 2.46. The van der Waals surface area contributed by atoms with Gasteiger partial charge in [0.2, 0.25) is 5.82 Å². The first-order chi connectivity index (χ1) is 10.0. The molecule has 1 atom stereocenters. The smallest absolute Gasteiger partial charge is 0.305 e. The van der Waals surface area contributed by atoms with Crippen molar-refractivity contribution in [3.8, 4) is 0 Å². The first-order valence-electron chi connectivity index (χ1n) is 6.71. The summed E-state index contributed by atoms with van der Waals surface area (Å²) >= 11 is 0. The Labute approximate surface area is 122 Å². The van der Waals surface area contributed by atoms with Gasteiger partial charge >= 0.3 is 5.69 Å². The van der Waals surface area contributed by atoms with Gasteiger partial charge in [0, 0.05) is 24.2 Å². The Hall–Kier alpha value is -2.27. The molecule has 0 fully saturated rings. The van der Waals surface area contributed by atoms with Gasteiger partial charge in [0.25, 0.3) is 0 Å². The van der Waals surface area contributed by atoms with E-state index in [1.165, 1.54) is 12.1 Å². The Bertz CT molecular complexity index is 658. The Morgan fingerprint density at radius 3 is 2.62 bits per heavy atom. The van der Waals surface area contributed by atoms with E-state index in [1.807, 2.05) is 38.1 Å². The molecule has 21 heavy (non-hydrogen) atoms. The number of nitro groups is 1. The van der Waals surface area contributed by atoms with Crippen molar-refractivity contribution in [2.75, 3.05) is 0 Å². The van der Waals surface area contributed by atoms with E-state index in [9.17, 15) is 14.5 Å². The van der Waals surface area contributed by atoms with Crippen molar-refractivity contribution in [3.05, 3.63) is 75.1 Å². The standard InChI is InChI=1S/C16H17FN2O2/c1-11-6-3-4-8-14(11)12(2)18-10-13-7-5-9-15(16(13)17)19(20)21/h3-9,12,18H,10H2,1-2H3/t12-/m1/s1. The largest absolute Gasteiger partial charge is 0.306 e. The lowest BCUT2D eigenvalue weighted by Gasteiger charge is -2.16. The molecule has 0 aliphatic carbocycles. The summed E-state index contributed by atoms with van der Waals surface area (Å²) in [6, 6.07) is 12.2. The molecule has 0 spiro atoms. The van der Waals surface area contributed by atoms with Crippen LogP contribution in [0, 0.1) is 22.9 Å². The van der Waals surface area contributed by atoms with Gasteiger partial charge in [-0.15, -0.1) is 0 Å². The molecule has 4 nitrogen and oxygen atoms in total. The van der Waals surface area contributed by atoms with Crippen molar-refractivity contribution in [2.24, 2.45) is 0 Å². The Balaban J connectivity index is 2.12. The fraction of sp³-hybridized carbons (Fsp3) is 0.250. The maximum Gasteiger partial charge on any atom is 0.305 e. The highest BCUT2D eigenvalue weighted by atomic mass is 19.1. The molecule has 0 radical (unpaired) electrons. The highest BCUT2D eigenvalue weighted by molar-refractivity contribution is 5.37. The van der Waals surface area contributed by atoms with Crippen LogP contribution in [0.2, 0.25) is 0 Å². The molecule has 0 aliphatic heterocycles. The first kappa shape index (κ1) is 15.1. The van der Waals surface area contributed by atoms with Crippen LogP contribution in [-0.4, -0.2) is 4.92 Å². The van der Waals surface area contributed by atoms with Crippen molar-refractivity contribution in [2.45, 2.75) is 26.4 Å². The van der Waals surface area contributed by atoms with Crippen LogP contribution in [0.4, 0.5) is 10.1 Å². The van der Waals surface area contributed by atoms with Crippen LogP contribution < -0.4 is 5.32 Å². The number of nitrogens with zero attached hydrogens (tertiary/aromatic N) is 1. The fourth-order valence-electron chi connectivity index (χ4n) is 2.29. The van der Waals surface area contributed by atoms with Gasteiger partial charge < -0.3 is 5.32 Å². The van der Waals surface area contributed by atoms with Crippen LogP contribution in [0.15, 0.2) is 42.5 Å². The Morgan fingerprint density at radius 2 is 1.95 bits per heavy atom. The lowest BCUT2D eigenvalue weighted by atomic mass is 10.0. The minimum absolute atomic E-state index is 0.0323. The minimum atomic E-state index is -0.771. The van der Waals surface area contributed by atoms with Crippen molar-refractivity contribution in [1.82, 2.24) is 5.32 Å². The normalized spacial score (nSPS) is 12.1. The molecule has 0 unspecified atom stereocenters. The predicted octanol–water partition coefficient (Wildman–Crippen LogP) is 3.89. The summed E-state index contributed by atoms with van der Waals surface area (Å²) in [6.07, 6.45) is 0. The van der Waals surface area contributed by atoms with Gasteiger partial charge in [-0.2, -0.15) is 4.39 Å². The number of rotatable bonds is 5. The van der Waals surface area contributed by atoms with Crippen molar-refractivity contribution >= 4 is 5.69 Å². The highest BCUT2D eigenvalue weighted by Crippen LogP contribution is 2.22. The van der Waals surface area contributed by atoms with Gasteiger partial charge in [-0.25, -0.2) is 0 Å². The molecule has 0 aromatic heterocycles. The van der Waals surface area contributed by atoms with Crippen LogP contribution >= 0.6 is 0 Å². The van der Waals surface area contributed by atoms with E-state index in [-0.39, 0.29) is 12.6 Å². The van der Waals surface area contributed by atoms with Crippen LogP contribution in [0.3, 0.4) is 0 Å². The van der Waals surface area contributed by atoms with Crippen LogP contribution in [-0.2, 0) is 6.54 Å². The summed E-state index contributed by atoms with van der Waals surface area (Å²) in [5.74, 6) is -0.771. The second kappa shape index (κ2) is 6.45. The average molecular weight is 288 g/mol. The maximum atomic E-state index is 14.0. The summed E-state index contributed by atoms with van der Waals surface area (Å²) in [5, 5.41) is 13.9. The molecule has 1 N–H and O–H groups in total. The van der Waals surface area contributed by atoms with E-state index < -0.39 is 16.4 Å². The fourth-order valence-corrected chi connectivity index (χ4v) is 2.29. The molecule has 2 aromatic carbocycles. The number of nitrogens with one attached hydrogen (secondary N) is 1. The zero-order chi connectivity index (χ0) is 15.4. The zero-order valence-electron chi connectivity index (χ0n) is 12.0. The van der Waals surface area contributed by atoms with Gasteiger partial charge in [0.1, 0.15) is 0 Å². The summed E-state index contributed by atoms with van der Waals surface area (Å²) in [5.41, 5.74) is 2.09. The van der Waals surface area contributed by atoms with E-state index in [0.717, 1.165) is 11.1 Å². The lowest BCUT2D eigenvalue weighted by Crippen LogP contribution is -2.19. The Morgan fingerprint density at radius 1 is 1.24 bits per heavy atom. The number of benzene rings is 2. The molecule has 0 saturated heterocycles. The van der Waals surface area contributed by atoms with Gasteiger partial charge in [-0.3, -0.25) is 10.1 Å². The molecule has 2 rings (SSSR count). The molecule has 0 saturated carbocycles. The highest BCUT2D eigenvalue weighted by Gasteiger charge is 2.17. The number of hydrogen-bond acceptors (Lipinski definition) is 3. The second-order valence-electron chi connectivity index (χ2n) is 4.97. The molecule has 2 aromatic rings. The molecule has 0 heterocycles. The summed E-state index contributed by atoms with van der Waals surface area (Å²) in [4.78, 5) is 10.0. The summed E-state index contributed by atoms with van der Waals surface area (Å²) in [7, 11) is 0. The van der Waals surface area contributed by atoms with Crippen LogP contribution in [0.5, 0.6) is 0 Å². The predicted molar refractivity (Wildman–Crippen MR) is 79.5 cm³/mol. The molecule has 0 bridgehead atoms. The quantitative estimate of drug-likeness (QED) is 0.670. The topological polar surface area (TPSA) is 55.2 Å². The Kier molecular flexibility index (Phi) is 4.65.